The van der Waals surface area contributed by atoms with Gasteiger partial charge in [-0.05, 0) is 0 Å². The lowest BCUT2D eigenvalue weighted by molar-refractivity contribution is 0.298. The summed E-state index contributed by atoms with van der Waals surface area (Å²) in [7, 11) is 0. The minimum absolute atomic E-state index is 0.00398. The van der Waals surface area contributed by atoms with Gasteiger partial charge in [0.25, 0.3) is 5.56 Å². The van der Waals surface area contributed by atoms with E-state index in [1.165, 1.54) is 0 Å². The zero-order chi connectivity index (χ0) is 10.1. The Morgan fingerprint density at radius 1 is 1.31 bits per heavy atom. The van der Waals surface area contributed by atoms with Crippen molar-refractivity contribution in [3.8, 4) is 0 Å². The smallest absolute Gasteiger partial charge is 0.267 e. The molecular formula is C9H16N2O2. The van der Waals surface area contributed by atoms with Crippen LogP contribution in [-0.4, -0.2) is 21.9 Å². The summed E-state index contributed by atoms with van der Waals surface area (Å²) >= 11 is 0. The SMILES string of the molecule is CC(C)(C)c1[nH][nH]c(=O)c1CCO. The van der Waals surface area contributed by atoms with Gasteiger partial charge in [-0.2, -0.15) is 0 Å². The first-order valence-corrected chi connectivity index (χ1v) is 4.37. The third-order valence-electron chi connectivity index (χ3n) is 1.99. The second-order valence-corrected chi connectivity index (χ2v) is 4.16. The van der Waals surface area contributed by atoms with E-state index in [0.717, 1.165) is 5.69 Å². The molecule has 0 bridgehead atoms. The highest BCUT2D eigenvalue weighted by Crippen LogP contribution is 2.21. The summed E-state index contributed by atoms with van der Waals surface area (Å²) in [5.74, 6) is 0. The van der Waals surface area contributed by atoms with E-state index in [0.29, 0.717) is 12.0 Å². The average Bonchev–Trinajstić information content (AvgIpc) is 2.32. The second-order valence-electron chi connectivity index (χ2n) is 4.16. The van der Waals surface area contributed by atoms with Crippen molar-refractivity contribution in [2.45, 2.75) is 32.6 Å². The number of hydrogen-bond acceptors (Lipinski definition) is 2. The van der Waals surface area contributed by atoms with Crippen LogP contribution in [0.2, 0.25) is 0 Å². The van der Waals surface area contributed by atoms with Crippen molar-refractivity contribution in [3.05, 3.63) is 21.6 Å². The number of aliphatic hydroxyl groups is 1. The van der Waals surface area contributed by atoms with Gasteiger partial charge in [-0.1, -0.05) is 20.8 Å². The number of H-pyrrole nitrogens is 2. The summed E-state index contributed by atoms with van der Waals surface area (Å²) in [6.45, 7) is 6.07. The number of aliphatic hydroxyl groups excluding tert-OH is 1. The predicted octanol–water partition coefficient (Wildman–Crippen LogP) is 0.535. The molecule has 0 spiro atoms. The minimum Gasteiger partial charge on any atom is -0.396 e. The molecule has 0 aromatic carbocycles. The van der Waals surface area contributed by atoms with E-state index in [1.807, 2.05) is 20.8 Å². The Morgan fingerprint density at radius 2 is 1.92 bits per heavy atom. The summed E-state index contributed by atoms with van der Waals surface area (Å²) in [6, 6.07) is 0. The molecule has 0 aliphatic heterocycles. The van der Waals surface area contributed by atoms with Crippen LogP contribution in [0.1, 0.15) is 32.0 Å². The molecule has 0 radical (unpaired) electrons. The first-order chi connectivity index (χ1) is 5.96. The molecular weight excluding hydrogens is 168 g/mol. The van der Waals surface area contributed by atoms with E-state index in [1.54, 1.807) is 0 Å². The normalized spacial score (nSPS) is 12.0. The predicted molar refractivity (Wildman–Crippen MR) is 50.9 cm³/mol. The molecule has 0 fully saturated rings. The van der Waals surface area contributed by atoms with Crippen LogP contribution in [-0.2, 0) is 11.8 Å². The summed E-state index contributed by atoms with van der Waals surface area (Å²) in [5, 5.41) is 14.2. The van der Waals surface area contributed by atoms with Crippen molar-refractivity contribution in [2.75, 3.05) is 6.61 Å². The van der Waals surface area contributed by atoms with Crippen molar-refractivity contribution >= 4 is 0 Å². The Hall–Kier alpha value is -1.03. The van der Waals surface area contributed by atoms with E-state index in [4.69, 9.17) is 5.11 Å². The molecule has 0 saturated carbocycles. The quantitative estimate of drug-likeness (QED) is 0.627. The van der Waals surface area contributed by atoms with Gasteiger partial charge in [0.05, 0.1) is 0 Å². The van der Waals surface area contributed by atoms with Crippen LogP contribution in [0.4, 0.5) is 0 Å². The summed E-state index contributed by atoms with van der Waals surface area (Å²) in [5.41, 5.74) is 1.32. The molecule has 1 aromatic heterocycles. The lowest BCUT2D eigenvalue weighted by Gasteiger charge is -2.17. The maximum Gasteiger partial charge on any atom is 0.267 e. The minimum atomic E-state index is -0.126. The molecule has 0 amide bonds. The van der Waals surface area contributed by atoms with E-state index < -0.39 is 0 Å². The average molecular weight is 184 g/mol. The summed E-state index contributed by atoms with van der Waals surface area (Å²) in [4.78, 5) is 11.3. The van der Waals surface area contributed by atoms with Crippen molar-refractivity contribution in [3.63, 3.8) is 0 Å². The van der Waals surface area contributed by atoms with Gasteiger partial charge < -0.3 is 10.2 Å². The maximum absolute atomic E-state index is 11.3. The Bertz CT molecular complexity index is 330. The highest BCUT2D eigenvalue weighted by atomic mass is 16.3. The number of hydrogen-bond donors (Lipinski definition) is 3. The van der Waals surface area contributed by atoms with Crippen molar-refractivity contribution in [1.82, 2.24) is 10.2 Å². The van der Waals surface area contributed by atoms with Crippen LogP contribution in [0.25, 0.3) is 0 Å². The molecule has 0 aliphatic rings. The molecule has 1 rings (SSSR count). The van der Waals surface area contributed by atoms with Crippen molar-refractivity contribution in [2.24, 2.45) is 0 Å². The van der Waals surface area contributed by atoms with Crippen molar-refractivity contribution in [1.29, 1.82) is 0 Å². The van der Waals surface area contributed by atoms with Gasteiger partial charge in [0.1, 0.15) is 0 Å². The molecule has 0 saturated heterocycles. The first kappa shape index (κ1) is 10.1. The monoisotopic (exact) mass is 184 g/mol. The standard InChI is InChI=1S/C9H16N2O2/c1-9(2,3)7-6(4-5-12)8(13)11-10-7/h12H,4-5H2,1-3H3,(H2,10,11,13). The van der Waals surface area contributed by atoms with Crippen LogP contribution < -0.4 is 5.56 Å². The summed E-state index contributed by atoms with van der Waals surface area (Å²) < 4.78 is 0. The van der Waals surface area contributed by atoms with Gasteiger partial charge >= 0.3 is 0 Å². The topological polar surface area (TPSA) is 68.9 Å². The fourth-order valence-electron chi connectivity index (χ4n) is 1.37. The Kier molecular flexibility index (Phi) is 2.61. The van der Waals surface area contributed by atoms with Gasteiger partial charge in [0.2, 0.25) is 0 Å². The molecule has 4 heteroatoms. The molecule has 74 valence electrons. The number of aromatic amines is 2. The molecule has 1 aromatic rings. The number of rotatable bonds is 2. The Balaban J connectivity index is 3.15. The lowest BCUT2D eigenvalue weighted by Crippen LogP contribution is -2.17. The van der Waals surface area contributed by atoms with Crippen LogP contribution in [0.5, 0.6) is 0 Å². The molecule has 0 unspecified atom stereocenters. The molecule has 0 atom stereocenters. The van der Waals surface area contributed by atoms with Crippen LogP contribution in [0.15, 0.2) is 4.79 Å². The fourth-order valence-corrected chi connectivity index (χ4v) is 1.37. The van der Waals surface area contributed by atoms with E-state index in [-0.39, 0.29) is 17.6 Å². The van der Waals surface area contributed by atoms with Gasteiger partial charge in [-0.3, -0.25) is 9.89 Å². The highest BCUT2D eigenvalue weighted by molar-refractivity contribution is 5.23. The molecule has 1 heterocycles. The third kappa shape index (κ3) is 2.01. The first-order valence-electron chi connectivity index (χ1n) is 4.37. The van der Waals surface area contributed by atoms with Gasteiger partial charge in [0, 0.05) is 29.7 Å². The Labute approximate surface area is 77.0 Å². The van der Waals surface area contributed by atoms with E-state index in [9.17, 15) is 4.79 Å². The number of nitrogens with one attached hydrogen (secondary N) is 2. The van der Waals surface area contributed by atoms with Crippen LogP contribution >= 0.6 is 0 Å². The largest absolute Gasteiger partial charge is 0.396 e. The van der Waals surface area contributed by atoms with Crippen molar-refractivity contribution < 1.29 is 5.11 Å². The van der Waals surface area contributed by atoms with Gasteiger partial charge in [0.15, 0.2) is 0 Å². The zero-order valence-electron chi connectivity index (χ0n) is 8.27. The van der Waals surface area contributed by atoms with Gasteiger partial charge in [-0.15, -0.1) is 0 Å². The molecule has 13 heavy (non-hydrogen) atoms. The van der Waals surface area contributed by atoms with Crippen LogP contribution in [0, 0.1) is 0 Å². The number of aromatic nitrogens is 2. The molecule has 4 nitrogen and oxygen atoms in total. The Morgan fingerprint density at radius 3 is 2.38 bits per heavy atom. The molecule has 3 N–H and O–H groups in total. The van der Waals surface area contributed by atoms with E-state index >= 15 is 0 Å². The zero-order valence-corrected chi connectivity index (χ0v) is 8.27. The summed E-state index contributed by atoms with van der Waals surface area (Å²) in [6.07, 6.45) is 0.408. The van der Waals surface area contributed by atoms with E-state index in [2.05, 4.69) is 10.2 Å². The van der Waals surface area contributed by atoms with Crippen LogP contribution in [0.3, 0.4) is 0 Å². The maximum atomic E-state index is 11.3. The third-order valence-corrected chi connectivity index (χ3v) is 1.99. The molecule has 0 aliphatic carbocycles. The second kappa shape index (κ2) is 3.38. The lowest BCUT2D eigenvalue weighted by atomic mass is 9.89. The van der Waals surface area contributed by atoms with Gasteiger partial charge in [-0.25, -0.2) is 0 Å². The fraction of sp³-hybridized carbons (Fsp3) is 0.667. The highest BCUT2D eigenvalue weighted by Gasteiger charge is 2.21.